The summed E-state index contributed by atoms with van der Waals surface area (Å²) in [6.45, 7) is 8.83. The molecule has 25 heavy (non-hydrogen) atoms. The largest absolute Gasteiger partial charge is 0.478 e. The molecule has 2 N–H and O–H groups in total. The molecule has 146 valence electrons. The summed E-state index contributed by atoms with van der Waals surface area (Å²) in [4.78, 5) is 22.5. The van der Waals surface area contributed by atoms with Crippen LogP contribution >= 0.6 is 0 Å². The molecule has 0 spiro atoms. The molecule has 0 aromatic heterocycles. The first-order valence-corrected chi connectivity index (χ1v) is 9.91. The highest BCUT2D eigenvalue weighted by atomic mass is 16.4. The van der Waals surface area contributed by atoms with Crippen molar-refractivity contribution in [2.75, 3.05) is 0 Å². The highest BCUT2D eigenvalue weighted by molar-refractivity contribution is 5.95. The molecule has 0 atom stereocenters. The summed E-state index contributed by atoms with van der Waals surface area (Å²) in [5.74, 6) is -1.01. The van der Waals surface area contributed by atoms with Gasteiger partial charge in [-0.25, -0.2) is 9.59 Å². The van der Waals surface area contributed by atoms with E-state index in [2.05, 4.69) is 27.7 Å². The zero-order chi connectivity index (χ0) is 19.2. The van der Waals surface area contributed by atoms with Gasteiger partial charge in [0.25, 0.3) is 0 Å². The predicted octanol–water partition coefficient (Wildman–Crippen LogP) is 5.91. The van der Waals surface area contributed by atoms with Crippen LogP contribution in [0.1, 0.15) is 91.9 Å². The van der Waals surface area contributed by atoms with Crippen molar-refractivity contribution in [3.8, 4) is 0 Å². The first-order valence-electron chi connectivity index (χ1n) is 9.91. The maximum Gasteiger partial charge on any atom is 0.332 e. The molecule has 4 heteroatoms. The first-order chi connectivity index (χ1) is 11.7. The topological polar surface area (TPSA) is 74.6 Å². The van der Waals surface area contributed by atoms with Crippen LogP contribution in [0.15, 0.2) is 11.6 Å². The van der Waals surface area contributed by atoms with Gasteiger partial charge in [-0.1, -0.05) is 79.1 Å². The summed E-state index contributed by atoms with van der Waals surface area (Å²) in [6.07, 6.45) is 11.2. The van der Waals surface area contributed by atoms with Crippen molar-refractivity contribution in [3.63, 3.8) is 0 Å². The Morgan fingerprint density at radius 3 is 1.44 bits per heavy atom. The molecular formula is C21H38O4. The minimum Gasteiger partial charge on any atom is -0.478 e. The van der Waals surface area contributed by atoms with Crippen LogP contribution in [0.25, 0.3) is 0 Å². The van der Waals surface area contributed by atoms with E-state index in [1.165, 1.54) is 12.8 Å². The summed E-state index contributed by atoms with van der Waals surface area (Å²) in [5.41, 5.74) is 0.0696. The number of hydrogen-bond donors (Lipinski definition) is 2. The fourth-order valence-corrected chi connectivity index (χ4v) is 3.18. The Bertz CT molecular complexity index is 392. The van der Waals surface area contributed by atoms with Gasteiger partial charge in [0, 0.05) is 11.6 Å². The maximum atomic E-state index is 11.5. The average molecular weight is 355 g/mol. The number of aliphatic carboxylic acids is 2. The van der Waals surface area contributed by atoms with Crippen LogP contribution in [-0.4, -0.2) is 22.2 Å². The molecule has 0 aliphatic carbocycles. The quantitative estimate of drug-likeness (QED) is 0.283. The van der Waals surface area contributed by atoms with E-state index in [4.69, 9.17) is 5.11 Å². The van der Waals surface area contributed by atoms with Crippen LogP contribution in [0.4, 0.5) is 0 Å². The van der Waals surface area contributed by atoms with Crippen LogP contribution < -0.4 is 0 Å². The Balaban J connectivity index is 4.58. The molecule has 0 aromatic rings. The van der Waals surface area contributed by atoms with E-state index in [1.54, 1.807) is 0 Å². The fraction of sp³-hybridized carbons (Fsp3) is 0.810. The lowest BCUT2D eigenvalue weighted by Crippen LogP contribution is -2.15. The third-order valence-corrected chi connectivity index (χ3v) is 4.63. The van der Waals surface area contributed by atoms with Crippen molar-refractivity contribution in [2.24, 2.45) is 17.8 Å². The molecule has 0 aliphatic heterocycles. The number of carboxylic acid groups (broad SMARTS) is 2. The standard InChI is InChI=1S/C21H38O4/c1-16(2)11-7-5-9-13-18(14-10-6-8-12-17(3)4)19(21(24)25)15-20(22)23/h15-18H,5-14H2,1-4H3,(H,22,23)(H,24,25). The Morgan fingerprint density at radius 1 is 0.720 bits per heavy atom. The third kappa shape index (κ3) is 13.6. The Kier molecular flexibility index (Phi) is 13.2. The summed E-state index contributed by atoms with van der Waals surface area (Å²) in [6, 6.07) is 0. The second-order valence-corrected chi connectivity index (χ2v) is 8.00. The molecule has 0 fully saturated rings. The molecule has 0 saturated heterocycles. The molecule has 0 radical (unpaired) electrons. The van der Waals surface area contributed by atoms with Crippen molar-refractivity contribution in [2.45, 2.75) is 91.9 Å². The van der Waals surface area contributed by atoms with Crippen molar-refractivity contribution in [1.82, 2.24) is 0 Å². The Labute approximate surface area is 153 Å². The Morgan fingerprint density at radius 2 is 1.12 bits per heavy atom. The highest BCUT2D eigenvalue weighted by Gasteiger charge is 2.21. The first kappa shape index (κ1) is 23.7. The summed E-state index contributed by atoms with van der Waals surface area (Å²) < 4.78 is 0. The van der Waals surface area contributed by atoms with E-state index >= 15 is 0 Å². The molecule has 0 aliphatic rings. The maximum absolute atomic E-state index is 11.5. The summed E-state index contributed by atoms with van der Waals surface area (Å²) in [5, 5.41) is 18.4. The van der Waals surface area contributed by atoms with Gasteiger partial charge in [-0.3, -0.25) is 0 Å². The third-order valence-electron chi connectivity index (χ3n) is 4.63. The van der Waals surface area contributed by atoms with E-state index in [-0.39, 0.29) is 11.5 Å². The molecule has 0 bridgehead atoms. The summed E-state index contributed by atoms with van der Waals surface area (Å²) >= 11 is 0. The lowest BCUT2D eigenvalue weighted by atomic mass is 9.87. The molecular weight excluding hydrogens is 316 g/mol. The van der Waals surface area contributed by atoms with Gasteiger partial charge >= 0.3 is 11.9 Å². The van der Waals surface area contributed by atoms with Gasteiger partial charge < -0.3 is 10.2 Å². The van der Waals surface area contributed by atoms with Crippen LogP contribution in [-0.2, 0) is 9.59 Å². The highest BCUT2D eigenvalue weighted by Crippen LogP contribution is 2.26. The Hall–Kier alpha value is -1.32. The van der Waals surface area contributed by atoms with Gasteiger partial charge in [-0.15, -0.1) is 0 Å². The minimum atomic E-state index is -1.16. The molecule has 0 unspecified atom stereocenters. The van der Waals surface area contributed by atoms with Gasteiger partial charge in [0.05, 0.1) is 0 Å². The van der Waals surface area contributed by atoms with Crippen LogP contribution in [0.5, 0.6) is 0 Å². The molecule has 0 saturated carbocycles. The van der Waals surface area contributed by atoms with Gasteiger partial charge in [-0.05, 0) is 30.6 Å². The molecule has 0 aromatic carbocycles. The molecule has 0 amide bonds. The van der Waals surface area contributed by atoms with Gasteiger partial charge in [0.1, 0.15) is 0 Å². The van der Waals surface area contributed by atoms with Gasteiger partial charge in [0.15, 0.2) is 0 Å². The van der Waals surface area contributed by atoms with E-state index in [0.717, 1.165) is 57.4 Å². The van der Waals surface area contributed by atoms with Crippen molar-refractivity contribution in [3.05, 3.63) is 11.6 Å². The number of carbonyl (C=O) groups is 2. The normalized spacial score (nSPS) is 12.4. The minimum absolute atomic E-state index is 0.0696. The number of unbranched alkanes of at least 4 members (excludes halogenated alkanes) is 4. The van der Waals surface area contributed by atoms with E-state index in [1.807, 2.05) is 0 Å². The van der Waals surface area contributed by atoms with E-state index in [0.29, 0.717) is 11.8 Å². The fourth-order valence-electron chi connectivity index (χ4n) is 3.18. The number of carboxylic acids is 2. The zero-order valence-electron chi connectivity index (χ0n) is 16.6. The van der Waals surface area contributed by atoms with Gasteiger partial charge in [-0.2, -0.15) is 0 Å². The second-order valence-electron chi connectivity index (χ2n) is 8.00. The SMILES string of the molecule is CC(C)CCCCCC(CCCCCC(C)C)C(=CC(=O)O)C(=O)O. The van der Waals surface area contributed by atoms with Crippen LogP contribution in [0, 0.1) is 17.8 Å². The van der Waals surface area contributed by atoms with E-state index < -0.39 is 11.9 Å². The summed E-state index contributed by atoms with van der Waals surface area (Å²) in [7, 11) is 0. The van der Waals surface area contributed by atoms with Crippen LogP contribution in [0.3, 0.4) is 0 Å². The van der Waals surface area contributed by atoms with Crippen LogP contribution in [0.2, 0.25) is 0 Å². The smallest absolute Gasteiger partial charge is 0.332 e. The number of hydrogen-bond acceptors (Lipinski definition) is 2. The predicted molar refractivity (Wildman–Crippen MR) is 103 cm³/mol. The second kappa shape index (κ2) is 13.9. The lowest BCUT2D eigenvalue weighted by Gasteiger charge is -2.18. The average Bonchev–Trinajstić information content (AvgIpc) is 2.49. The number of rotatable bonds is 15. The molecule has 0 rings (SSSR count). The molecule has 0 heterocycles. The molecule has 4 nitrogen and oxygen atoms in total. The zero-order valence-corrected chi connectivity index (χ0v) is 16.6. The van der Waals surface area contributed by atoms with Crippen molar-refractivity contribution in [1.29, 1.82) is 0 Å². The van der Waals surface area contributed by atoms with E-state index in [9.17, 15) is 14.7 Å². The van der Waals surface area contributed by atoms with Gasteiger partial charge in [0.2, 0.25) is 0 Å². The lowest BCUT2D eigenvalue weighted by molar-refractivity contribution is -0.135. The monoisotopic (exact) mass is 354 g/mol. The van der Waals surface area contributed by atoms with Crippen molar-refractivity contribution >= 4 is 11.9 Å². The van der Waals surface area contributed by atoms with Crippen molar-refractivity contribution < 1.29 is 19.8 Å².